The molecule has 1 aromatic carbocycles. The predicted molar refractivity (Wildman–Crippen MR) is 107 cm³/mol. The quantitative estimate of drug-likeness (QED) is 0.354. The summed E-state index contributed by atoms with van der Waals surface area (Å²) >= 11 is 0. The Hall–Kier alpha value is -2.61. The van der Waals surface area contributed by atoms with E-state index in [1.54, 1.807) is 24.3 Å². The van der Waals surface area contributed by atoms with Gasteiger partial charge in [-0.15, -0.1) is 0 Å². The molecule has 1 aliphatic carbocycles. The molecule has 0 spiro atoms. The van der Waals surface area contributed by atoms with Crippen molar-refractivity contribution in [3.8, 4) is 11.8 Å². The molecular formula is C20H24N2O7S. The number of cyclic esters (lactones) is 1. The van der Waals surface area contributed by atoms with Crippen LogP contribution in [0.2, 0.25) is 0 Å². The molecule has 30 heavy (non-hydrogen) atoms. The summed E-state index contributed by atoms with van der Waals surface area (Å²) in [4.78, 5) is 25.6. The lowest BCUT2D eigenvalue weighted by Crippen LogP contribution is -2.51. The van der Waals surface area contributed by atoms with Crippen LogP contribution in [0.1, 0.15) is 31.7 Å². The maximum atomic E-state index is 12.3. The summed E-state index contributed by atoms with van der Waals surface area (Å²) in [5, 5.41) is 18.2. The fraction of sp³-hybridized carbons (Fsp3) is 0.500. The zero-order chi connectivity index (χ0) is 22.1. The summed E-state index contributed by atoms with van der Waals surface area (Å²) in [6.07, 6.45) is 0.216. The number of aliphatic hydroxyl groups excluding tert-OH is 1. The van der Waals surface area contributed by atoms with Crippen LogP contribution in [0.3, 0.4) is 0 Å². The molecule has 0 aromatic heterocycles. The molecule has 1 aliphatic heterocycles. The smallest absolute Gasteiger partial charge is 0.414 e. The van der Waals surface area contributed by atoms with Crippen LogP contribution in [0.4, 0.5) is 10.5 Å². The Balaban J connectivity index is 1.69. The van der Waals surface area contributed by atoms with Crippen LogP contribution in [0.5, 0.6) is 0 Å². The first-order valence-corrected chi connectivity index (χ1v) is 11.3. The fourth-order valence-electron chi connectivity index (χ4n) is 3.42. The van der Waals surface area contributed by atoms with Gasteiger partial charge in [-0.3, -0.25) is 14.9 Å². The summed E-state index contributed by atoms with van der Waals surface area (Å²) in [5.41, 5.74) is 2.71. The molecule has 162 valence electrons. The molecule has 2 atom stereocenters. The molecule has 2 fully saturated rings. The van der Waals surface area contributed by atoms with Crippen molar-refractivity contribution in [2.45, 2.75) is 43.1 Å². The molecule has 2 amide bonds. The highest BCUT2D eigenvalue weighted by Gasteiger charge is 2.48. The second-order valence-corrected chi connectivity index (χ2v) is 10.3. The lowest BCUT2D eigenvalue weighted by atomic mass is 9.83. The zero-order valence-corrected chi connectivity index (χ0v) is 17.5. The number of hydrogen-bond donors (Lipinski definition) is 3. The van der Waals surface area contributed by atoms with Crippen molar-refractivity contribution >= 4 is 27.5 Å². The number of amides is 2. The first-order chi connectivity index (χ1) is 14.0. The van der Waals surface area contributed by atoms with Crippen LogP contribution < -0.4 is 10.4 Å². The lowest BCUT2D eigenvalue weighted by Gasteiger charge is -2.26. The molecule has 1 aromatic rings. The van der Waals surface area contributed by atoms with Gasteiger partial charge in [0.15, 0.2) is 14.6 Å². The number of anilines is 1. The first-order valence-electron chi connectivity index (χ1n) is 9.45. The summed E-state index contributed by atoms with van der Waals surface area (Å²) in [5.74, 6) is 5.26. The van der Waals surface area contributed by atoms with E-state index in [4.69, 9.17) is 9.94 Å². The number of sulfone groups is 1. The molecule has 3 N–H and O–H groups in total. The molecule has 2 unspecified atom stereocenters. The zero-order valence-electron chi connectivity index (χ0n) is 16.7. The van der Waals surface area contributed by atoms with Crippen molar-refractivity contribution in [1.29, 1.82) is 0 Å². The van der Waals surface area contributed by atoms with Gasteiger partial charge < -0.3 is 9.84 Å². The van der Waals surface area contributed by atoms with Crippen LogP contribution in [-0.2, 0) is 19.4 Å². The van der Waals surface area contributed by atoms with Gasteiger partial charge in [0, 0.05) is 29.8 Å². The Bertz CT molecular complexity index is 990. The number of benzene rings is 1. The summed E-state index contributed by atoms with van der Waals surface area (Å²) in [6.45, 7) is 1.24. The second-order valence-electron chi connectivity index (χ2n) is 7.90. The molecule has 1 heterocycles. The SMILES string of the molecule is CC(CC1CN(c2ccc(C#CC3CC(O)C3)cc2)C(=O)O1)(C(=O)NO)S(C)(=O)=O. The second kappa shape index (κ2) is 8.26. The van der Waals surface area contributed by atoms with Gasteiger partial charge in [0.25, 0.3) is 5.91 Å². The molecule has 1 saturated heterocycles. The largest absolute Gasteiger partial charge is 0.444 e. The van der Waals surface area contributed by atoms with E-state index in [0.717, 1.165) is 11.8 Å². The highest BCUT2D eigenvalue weighted by molar-refractivity contribution is 7.92. The highest BCUT2D eigenvalue weighted by atomic mass is 32.2. The van der Waals surface area contributed by atoms with Gasteiger partial charge in [-0.25, -0.2) is 18.7 Å². The van der Waals surface area contributed by atoms with Gasteiger partial charge in [-0.05, 0) is 44.0 Å². The van der Waals surface area contributed by atoms with Gasteiger partial charge in [-0.2, -0.15) is 0 Å². The summed E-state index contributed by atoms with van der Waals surface area (Å²) in [6, 6.07) is 6.94. The first kappa shape index (κ1) is 22.1. The topological polar surface area (TPSA) is 133 Å². The van der Waals surface area contributed by atoms with Crippen LogP contribution in [-0.4, -0.2) is 60.5 Å². The van der Waals surface area contributed by atoms with Crippen LogP contribution in [0, 0.1) is 17.8 Å². The number of hydroxylamine groups is 1. The normalized spacial score (nSPS) is 25.4. The Kier molecular flexibility index (Phi) is 6.08. The van der Waals surface area contributed by atoms with Crippen molar-refractivity contribution in [2.75, 3.05) is 17.7 Å². The molecular weight excluding hydrogens is 412 g/mol. The monoisotopic (exact) mass is 436 g/mol. The molecule has 0 radical (unpaired) electrons. The van der Waals surface area contributed by atoms with E-state index in [-0.39, 0.29) is 25.0 Å². The summed E-state index contributed by atoms with van der Waals surface area (Å²) in [7, 11) is -3.90. The van der Waals surface area contributed by atoms with Crippen molar-refractivity contribution < 1.29 is 33.1 Å². The van der Waals surface area contributed by atoms with E-state index in [0.29, 0.717) is 18.5 Å². The standard InChI is InChI=1S/C20H24N2O7S/c1-20(18(24)21-26,30(2,27)28)11-17-12-22(19(25)29-17)15-7-5-13(6-8-15)3-4-14-9-16(23)10-14/h5-8,14,16-17,23,26H,9-12H2,1-2H3,(H,21,24). The minimum absolute atomic E-state index is 0.0631. The molecule has 1 saturated carbocycles. The number of ether oxygens (including phenoxy) is 1. The predicted octanol–water partition coefficient (Wildman–Crippen LogP) is 0.833. The van der Waals surface area contributed by atoms with E-state index in [1.807, 2.05) is 0 Å². The lowest BCUT2D eigenvalue weighted by molar-refractivity contribution is -0.132. The number of nitrogens with zero attached hydrogens (tertiary/aromatic N) is 1. The van der Waals surface area contributed by atoms with Crippen LogP contribution in [0.25, 0.3) is 0 Å². The maximum Gasteiger partial charge on any atom is 0.414 e. The van der Waals surface area contributed by atoms with E-state index >= 15 is 0 Å². The summed E-state index contributed by atoms with van der Waals surface area (Å²) < 4.78 is 27.5. The van der Waals surface area contributed by atoms with Crippen molar-refractivity contribution in [1.82, 2.24) is 5.48 Å². The molecule has 9 nitrogen and oxygen atoms in total. The Morgan fingerprint density at radius 2 is 1.97 bits per heavy atom. The molecule has 2 aliphatic rings. The number of nitrogens with one attached hydrogen (secondary N) is 1. The van der Waals surface area contributed by atoms with E-state index in [9.17, 15) is 23.1 Å². The molecule has 3 rings (SSSR count). The Morgan fingerprint density at radius 1 is 1.33 bits per heavy atom. The number of carbonyl (C=O) groups excluding carboxylic acids is 2. The highest BCUT2D eigenvalue weighted by Crippen LogP contribution is 2.30. The maximum absolute atomic E-state index is 12.3. The number of carbonyl (C=O) groups is 2. The van der Waals surface area contributed by atoms with Crippen molar-refractivity contribution in [2.24, 2.45) is 5.92 Å². The van der Waals surface area contributed by atoms with Gasteiger partial charge in [0.05, 0.1) is 12.6 Å². The van der Waals surface area contributed by atoms with E-state index in [1.165, 1.54) is 17.3 Å². The minimum atomic E-state index is -3.90. The van der Waals surface area contributed by atoms with Crippen molar-refractivity contribution in [3.05, 3.63) is 29.8 Å². The third kappa shape index (κ3) is 4.43. The third-order valence-corrected chi connectivity index (χ3v) is 7.59. The van der Waals surface area contributed by atoms with Gasteiger partial charge >= 0.3 is 6.09 Å². The van der Waals surface area contributed by atoms with Gasteiger partial charge in [0.2, 0.25) is 0 Å². The Labute approximate surface area is 174 Å². The third-order valence-electron chi connectivity index (χ3n) is 5.60. The Morgan fingerprint density at radius 3 is 2.50 bits per heavy atom. The van der Waals surface area contributed by atoms with Crippen LogP contribution >= 0.6 is 0 Å². The number of hydrogen-bond acceptors (Lipinski definition) is 7. The van der Waals surface area contributed by atoms with Crippen LogP contribution in [0.15, 0.2) is 24.3 Å². The van der Waals surface area contributed by atoms with Gasteiger partial charge in [-0.1, -0.05) is 11.8 Å². The number of aliphatic hydroxyl groups is 1. The molecule has 10 heteroatoms. The number of rotatable bonds is 5. The fourth-order valence-corrected chi connectivity index (χ4v) is 4.29. The van der Waals surface area contributed by atoms with Crippen molar-refractivity contribution in [3.63, 3.8) is 0 Å². The molecule has 0 bridgehead atoms. The van der Waals surface area contributed by atoms with Gasteiger partial charge in [0.1, 0.15) is 6.10 Å². The van der Waals surface area contributed by atoms with E-state index < -0.39 is 32.7 Å². The minimum Gasteiger partial charge on any atom is -0.444 e. The average molecular weight is 436 g/mol. The van der Waals surface area contributed by atoms with E-state index in [2.05, 4.69) is 11.8 Å². The average Bonchev–Trinajstić information content (AvgIpc) is 3.03.